The topological polar surface area (TPSA) is 43.8 Å². The van der Waals surface area contributed by atoms with Crippen molar-refractivity contribution in [3.63, 3.8) is 0 Å². The van der Waals surface area contributed by atoms with Crippen LogP contribution in [0.25, 0.3) is 0 Å². The third-order valence-corrected chi connectivity index (χ3v) is 4.78. The van der Waals surface area contributed by atoms with Crippen LogP contribution in [0.5, 0.6) is 0 Å². The zero-order valence-electron chi connectivity index (χ0n) is 12.1. The summed E-state index contributed by atoms with van der Waals surface area (Å²) in [6, 6.07) is 10.6. The normalized spacial score (nSPS) is 28.3. The average molecular weight is 274 g/mol. The molecule has 3 aliphatic heterocycles. The number of fused-ring (bicyclic) bond motifs is 4. The Morgan fingerprint density at radius 3 is 2.55 bits per heavy atom. The second-order valence-electron chi connectivity index (χ2n) is 6.75. The summed E-state index contributed by atoms with van der Waals surface area (Å²) in [6.07, 6.45) is 0.317. The molecule has 4 heteroatoms. The van der Waals surface area contributed by atoms with Gasteiger partial charge >= 0.3 is 6.09 Å². The number of carboxylic acid groups (broad SMARTS) is 1. The van der Waals surface area contributed by atoms with E-state index in [1.807, 2.05) is 6.07 Å². The van der Waals surface area contributed by atoms with Gasteiger partial charge in [-0.05, 0) is 29.9 Å². The summed E-state index contributed by atoms with van der Waals surface area (Å²) >= 11 is 0. The maximum absolute atomic E-state index is 11.4. The quantitative estimate of drug-likeness (QED) is 0.856. The molecule has 3 saturated heterocycles. The van der Waals surface area contributed by atoms with Crippen LogP contribution in [-0.2, 0) is 0 Å². The fraction of sp³-hybridized carbons (Fsp3) is 0.562. The highest BCUT2D eigenvalue weighted by Crippen LogP contribution is 2.43. The van der Waals surface area contributed by atoms with Gasteiger partial charge in [0, 0.05) is 25.3 Å². The number of rotatable bonds is 1. The molecule has 4 rings (SSSR count). The van der Waals surface area contributed by atoms with Crippen molar-refractivity contribution in [3.8, 4) is 0 Å². The lowest BCUT2D eigenvalue weighted by Gasteiger charge is -2.48. The maximum atomic E-state index is 11.4. The van der Waals surface area contributed by atoms with E-state index in [0.717, 1.165) is 13.0 Å². The highest BCUT2D eigenvalue weighted by Gasteiger charge is 2.46. The second kappa shape index (κ2) is 4.69. The van der Waals surface area contributed by atoms with Crippen LogP contribution in [-0.4, -0.2) is 41.8 Å². The van der Waals surface area contributed by atoms with Gasteiger partial charge < -0.3 is 14.9 Å². The number of carbonyl (C=O) groups is 1. The smallest absolute Gasteiger partial charge is 0.407 e. The molecule has 0 aromatic heterocycles. The summed E-state index contributed by atoms with van der Waals surface area (Å²) in [7, 11) is 0. The number of hydrogen-bond acceptors (Lipinski definition) is 2. The molecular formula is C16H22N2O2. The second-order valence-corrected chi connectivity index (χ2v) is 6.75. The van der Waals surface area contributed by atoms with Crippen molar-refractivity contribution in [1.82, 2.24) is 4.90 Å². The molecule has 2 atom stereocenters. The third-order valence-electron chi connectivity index (χ3n) is 4.78. The van der Waals surface area contributed by atoms with Crippen LogP contribution < -0.4 is 4.90 Å². The van der Waals surface area contributed by atoms with Crippen LogP contribution in [0.2, 0.25) is 0 Å². The number of hydrogen-bond donors (Lipinski definition) is 1. The molecular weight excluding hydrogens is 252 g/mol. The van der Waals surface area contributed by atoms with Gasteiger partial charge in [-0.2, -0.15) is 0 Å². The Bertz CT molecular complexity index is 500. The molecule has 20 heavy (non-hydrogen) atoms. The molecule has 4 nitrogen and oxygen atoms in total. The lowest BCUT2D eigenvalue weighted by Crippen LogP contribution is -2.54. The Morgan fingerprint density at radius 2 is 1.90 bits per heavy atom. The van der Waals surface area contributed by atoms with Crippen molar-refractivity contribution in [1.29, 1.82) is 0 Å². The Hall–Kier alpha value is -1.71. The first kappa shape index (κ1) is 13.3. The molecule has 3 heterocycles. The summed E-state index contributed by atoms with van der Waals surface area (Å²) in [5, 5.41) is 9.36. The molecule has 0 aliphatic carbocycles. The van der Waals surface area contributed by atoms with Crippen LogP contribution >= 0.6 is 0 Å². The summed E-state index contributed by atoms with van der Waals surface area (Å²) in [5.74, 6) is 0.417. The number of anilines is 1. The molecule has 1 amide bonds. The molecule has 0 spiro atoms. The van der Waals surface area contributed by atoms with E-state index in [1.165, 1.54) is 5.69 Å². The van der Waals surface area contributed by atoms with E-state index < -0.39 is 6.09 Å². The Balaban J connectivity index is 1.96. The summed E-state index contributed by atoms with van der Waals surface area (Å²) in [6.45, 7) is 6.77. The Morgan fingerprint density at radius 1 is 1.20 bits per heavy atom. The maximum Gasteiger partial charge on any atom is 0.407 e. The van der Waals surface area contributed by atoms with E-state index in [-0.39, 0.29) is 11.5 Å². The molecule has 3 fully saturated rings. The third kappa shape index (κ3) is 2.23. The van der Waals surface area contributed by atoms with Crippen LogP contribution in [0.4, 0.5) is 10.5 Å². The molecule has 1 aromatic rings. The molecule has 0 saturated carbocycles. The van der Waals surface area contributed by atoms with Crippen molar-refractivity contribution in [3.05, 3.63) is 30.3 Å². The van der Waals surface area contributed by atoms with Crippen molar-refractivity contribution < 1.29 is 9.90 Å². The molecule has 0 radical (unpaired) electrons. The standard InChI is InChI=1S/C16H22N2O2/c1-16(2)8-12-9-17(15(19)20)11-14(16)18(10-12)13-6-4-3-5-7-13/h3-7,12,14H,8-11H2,1-2H3,(H,19,20)/t12-,14-/m1/s1. The summed E-state index contributed by atoms with van der Waals surface area (Å²) < 4.78 is 0. The van der Waals surface area contributed by atoms with E-state index in [2.05, 4.69) is 43.0 Å². The van der Waals surface area contributed by atoms with Gasteiger partial charge in [-0.25, -0.2) is 4.79 Å². The monoisotopic (exact) mass is 274 g/mol. The van der Waals surface area contributed by atoms with E-state index in [4.69, 9.17) is 0 Å². The summed E-state index contributed by atoms with van der Waals surface area (Å²) in [5.41, 5.74) is 1.35. The zero-order valence-corrected chi connectivity index (χ0v) is 12.1. The van der Waals surface area contributed by atoms with Gasteiger partial charge in [-0.15, -0.1) is 0 Å². The first-order valence-electron chi connectivity index (χ1n) is 7.27. The molecule has 108 valence electrons. The van der Waals surface area contributed by atoms with Crippen LogP contribution in [0, 0.1) is 11.3 Å². The van der Waals surface area contributed by atoms with E-state index in [1.54, 1.807) is 4.90 Å². The molecule has 2 bridgehead atoms. The van der Waals surface area contributed by atoms with Crippen molar-refractivity contribution in [2.24, 2.45) is 11.3 Å². The lowest BCUT2D eigenvalue weighted by molar-refractivity contribution is 0.142. The minimum Gasteiger partial charge on any atom is -0.465 e. The first-order chi connectivity index (χ1) is 9.47. The number of nitrogens with zero attached hydrogens (tertiary/aromatic N) is 2. The van der Waals surface area contributed by atoms with Gasteiger partial charge in [0.15, 0.2) is 0 Å². The largest absolute Gasteiger partial charge is 0.465 e. The van der Waals surface area contributed by atoms with Crippen molar-refractivity contribution in [2.75, 3.05) is 24.5 Å². The van der Waals surface area contributed by atoms with Crippen LogP contribution in [0.1, 0.15) is 20.3 Å². The van der Waals surface area contributed by atoms with Gasteiger partial charge in [-0.1, -0.05) is 32.0 Å². The fourth-order valence-corrected chi connectivity index (χ4v) is 3.90. The number of amides is 1. The average Bonchev–Trinajstić information content (AvgIpc) is 2.66. The van der Waals surface area contributed by atoms with E-state index in [0.29, 0.717) is 19.0 Å². The summed E-state index contributed by atoms with van der Waals surface area (Å²) in [4.78, 5) is 15.4. The predicted octanol–water partition coefficient (Wildman–Crippen LogP) is 2.90. The van der Waals surface area contributed by atoms with Gasteiger partial charge in [0.25, 0.3) is 0 Å². The predicted molar refractivity (Wildman–Crippen MR) is 79.1 cm³/mol. The van der Waals surface area contributed by atoms with Gasteiger partial charge in [0.05, 0.1) is 6.04 Å². The van der Waals surface area contributed by atoms with Crippen LogP contribution in [0.3, 0.4) is 0 Å². The SMILES string of the molecule is CC1(C)C[C@@H]2CN(C(=O)O)C[C@H]1N(c1ccccc1)C2. The minimum absolute atomic E-state index is 0.142. The van der Waals surface area contributed by atoms with Crippen molar-refractivity contribution >= 4 is 11.8 Å². The molecule has 0 unspecified atom stereocenters. The zero-order chi connectivity index (χ0) is 14.3. The number of benzene rings is 1. The molecule has 3 aliphatic rings. The highest BCUT2D eigenvalue weighted by molar-refractivity contribution is 5.65. The number of para-hydroxylation sites is 1. The Labute approximate surface area is 120 Å². The van der Waals surface area contributed by atoms with Crippen LogP contribution in [0.15, 0.2) is 30.3 Å². The fourth-order valence-electron chi connectivity index (χ4n) is 3.90. The lowest BCUT2D eigenvalue weighted by atomic mass is 9.73. The Kier molecular flexibility index (Phi) is 3.11. The van der Waals surface area contributed by atoms with Gasteiger partial charge in [0.1, 0.15) is 0 Å². The van der Waals surface area contributed by atoms with Gasteiger partial charge in [-0.3, -0.25) is 0 Å². The highest BCUT2D eigenvalue weighted by atomic mass is 16.4. The molecule has 1 aromatic carbocycles. The van der Waals surface area contributed by atoms with Gasteiger partial charge in [0.2, 0.25) is 0 Å². The molecule has 1 N–H and O–H groups in total. The first-order valence-corrected chi connectivity index (χ1v) is 7.27. The van der Waals surface area contributed by atoms with E-state index in [9.17, 15) is 9.90 Å². The number of piperidine rings is 1. The minimum atomic E-state index is -0.785. The van der Waals surface area contributed by atoms with E-state index >= 15 is 0 Å². The van der Waals surface area contributed by atoms with Crippen molar-refractivity contribution in [2.45, 2.75) is 26.3 Å².